The van der Waals surface area contributed by atoms with Crippen LogP contribution < -0.4 is 16.0 Å². The largest absolute Gasteiger partial charge is 0.460 e. The normalized spacial score (nSPS) is 26.9. The van der Waals surface area contributed by atoms with E-state index in [0.717, 1.165) is 5.56 Å². The summed E-state index contributed by atoms with van der Waals surface area (Å²) in [6, 6.07) is 4.85. The summed E-state index contributed by atoms with van der Waals surface area (Å²) >= 11 is 0. The Morgan fingerprint density at radius 2 is 1.53 bits per heavy atom. The van der Waals surface area contributed by atoms with Gasteiger partial charge in [-0.15, -0.1) is 6.58 Å². The number of amides is 5. The van der Waals surface area contributed by atoms with Crippen molar-refractivity contribution in [1.29, 1.82) is 0 Å². The summed E-state index contributed by atoms with van der Waals surface area (Å²) in [5, 5.41) is 8.34. The van der Waals surface area contributed by atoms with Gasteiger partial charge in [-0.2, -0.15) is 0 Å². The number of ether oxygens (including phenoxy) is 2. The van der Waals surface area contributed by atoms with E-state index in [9.17, 15) is 33.6 Å². The quantitative estimate of drug-likeness (QED) is 0.169. The predicted octanol–water partition coefficient (Wildman–Crippen LogP) is 4.10. The topological polar surface area (TPSA) is 181 Å². The highest BCUT2D eigenvalue weighted by Crippen LogP contribution is 2.30. The van der Waals surface area contributed by atoms with Crippen LogP contribution in [0.2, 0.25) is 0 Å². The molecule has 0 aliphatic carbocycles. The average Bonchev–Trinajstić information content (AvgIpc) is 3.70. The lowest BCUT2D eigenvalue weighted by atomic mass is 9.82. The Morgan fingerprint density at radius 3 is 2.14 bits per heavy atom. The first-order valence-corrected chi connectivity index (χ1v) is 20.9. The molecule has 0 bridgehead atoms. The number of allylic oxidation sites excluding steroid dienone is 1. The molecule has 58 heavy (non-hydrogen) atoms. The van der Waals surface area contributed by atoms with Gasteiger partial charge in [0.25, 0.3) is 5.91 Å². The average molecular weight is 810 g/mol. The Hall–Kier alpha value is -4.75. The molecule has 2 aliphatic rings. The molecular formula is C44H67N5O9. The van der Waals surface area contributed by atoms with Crippen molar-refractivity contribution in [3.05, 3.63) is 48.6 Å². The van der Waals surface area contributed by atoms with Gasteiger partial charge in [0.15, 0.2) is 6.10 Å². The predicted molar refractivity (Wildman–Crippen MR) is 220 cm³/mol. The van der Waals surface area contributed by atoms with Crippen LogP contribution in [0.4, 0.5) is 0 Å². The molecule has 2 saturated heterocycles. The van der Waals surface area contributed by atoms with Crippen molar-refractivity contribution in [1.82, 2.24) is 25.8 Å². The molecule has 0 radical (unpaired) electrons. The zero-order chi connectivity index (χ0) is 43.3. The van der Waals surface area contributed by atoms with Crippen molar-refractivity contribution in [3.63, 3.8) is 0 Å². The zero-order valence-corrected chi connectivity index (χ0v) is 36.0. The Bertz CT molecular complexity index is 1610. The molecule has 14 heteroatoms. The number of carbonyl (C=O) groups is 7. The molecule has 2 fully saturated rings. The van der Waals surface area contributed by atoms with Crippen LogP contribution in [-0.4, -0.2) is 108 Å². The van der Waals surface area contributed by atoms with Gasteiger partial charge in [-0.05, 0) is 69.8 Å². The summed E-state index contributed by atoms with van der Waals surface area (Å²) in [6.07, 6.45) is 2.82. The molecule has 0 aromatic heterocycles. The van der Waals surface area contributed by atoms with Gasteiger partial charge >= 0.3 is 11.9 Å². The van der Waals surface area contributed by atoms with Gasteiger partial charge in [0.2, 0.25) is 23.6 Å². The second-order valence-corrected chi connectivity index (χ2v) is 16.8. The molecule has 14 nitrogen and oxygen atoms in total. The highest BCUT2D eigenvalue weighted by Gasteiger charge is 2.45. The van der Waals surface area contributed by atoms with Crippen LogP contribution in [0.25, 0.3) is 0 Å². The molecule has 0 unspecified atom stereocenters. The second-order valence-electron chi connectivity index (χ2n) is 16.8. The SMILES string of the molecule is C=CCCC[C@@H]1OC(=O)CNC(=O)[C@H]([C@@H](C)CC)NC(=O)[C@@H]2CCCN2C(=O)[C@H]([C@@H](C)CC)OC(=O)[C@H](Cc2ccccc2)N(C)C(=O)[C@H](C(C)C)NC(=O)C1(C)C. The third kappa shape index (κ3) is 12.1. The summed E-state index contributed by atoms with van der Waals surface area (Å²) in [5.41, 5.74) is -0.611. The van der Waals surface area contributed by atoms with E-state index >= 15 is 0 Å². The number of hydrogen-bond donors (Lipinski definition) is 3. The van der Waals surface area contributed by atoms with Crippen LogP contribution >= 0.6 is 0 Å². The summed E-state index contributed by atoms with van der Waals surface area (Å²) in [7, 11) is 1.48. The standard InChI is InChI=1S/C44H67N5O9/c1-11-14-16-23-33-44(8,9)43(56)47-35(27(4)5)40(53)48(10)32(25-30-20-17-15-18-21-30)42(55)58-37(29(7)13-3)41(54)49-24-19-22-31(49)38(51)46-36(28(6)12-2)39(52)45-26-34(50)57-33/h11,15,17-18,20-21,27-29,31-33,35-37H,1,12-14,16,19,22-26H2,2-10H3,(H,45,52)(H,46,51)(H,47,56)/t28-,29-,31-,32-,33-,35-,36-,37-/m0/s1. The van der Waals surface area contributed by atoms with Crippen molar-refractivity contribution in [2.24, 2.45) is 23.2 Å². The number of likely N-dealkylation sites (N-methyl/N-ethyl adjacent to an activating group) is 1. The van der Waals surface area contributed by atoms with E-state index in [1.54, 1.807) is 47.6 Å². The third-order valence-electron chi connectivity index (χ3n) is 11.8. The number of esters is 2. The Labute approximate surface area is 344 Å². The molecule has 0 saturated carbocycles. The van der Waals surface area contributed by atoms with Gasteiger partial charge in [-0.1, -0.05) is 84.4 Å². The van der Waals surface area contributed by atoms with Crippen molar-refractivity contribution in [2.45, 2.75) is 143 Å². The van der Waals surface area contributed by atoms with Crippen LogP contribution in [0.5, 0.6) is 0 Å². The molecular weight excluding hydrogens is 743 g/mol. The van der Waals surface area contributed by atoms with Gasteiger partial charge in [0.1, 0.15) is 36.8 Å². The van der Waals surface area contributed by atoms with E-state index in [0.29, 0.717) is 38.5 Å². The van der Waals surface area contributed by atoms with Crippen molar-refractivity contribution in [2.75, 3.05) is 20.1 Å². The van der Waals surface area contributed by atoms with E-state index in [4.69, 9.17) is 9.47 Å². The molecule has 5 amide bonds. The van der Waals surface area contributed by atoms with Crippen LogP contribution in [0, 0.1) is 23.2 Å². The molecule has 2 heterocycles. The minimum Gasteiger partial charge on any atom is -0.460 e. The lowest BCUT2D eigenvalue weighted by molar-refractivity contribution is -0.170. The number of benzene rings is 1. The first-order valence-electron chi connectivity index (χ1n) is 20.9. The number of carbonyl (C=O) groups excluding carboxylic acids is 7. The van der Waals surface area contributed by atoms with E-state index in [1.165, 1.54) is 16.8 Å². The Morgan fingerprint density at radius 1 is 0.879 bits per heavy atom. The fourth-order valence-corrected chi connectivity index (χ4v) is 7.31. The number of nitrogens with zero attached hydrogens (tertiary/aromatic N) is 2. The Kier molecular flexibility index (Phi) is 17.9. The van der Waals surface area contributed by atoms with Crippen LogP contribution in [0.3, 0.4) is 0 Å². The van der Waals surface area contributed by atoms with Gasteiger partial charge in [-0.3, -0.25) is 28.8 Å². The number of cyclic esters (lactones) is 2. The maximum Gasteiger partial charge on any atom is 0.329 e. The highest BCUT2D eigenvalue weighted by atomic mass is 16.6. The first-order chi connectivity index (χ1) is 27.4. The summed E-state index contributed by atoms with van der Waals surface area (Å²) < 4.78 is 12.0. The molecule has 1 aromatic carbocycles. The summed E-state index contributed by atoms with van der Waals surface area (Å²) in [5.74, 6) is -5.60. The molecule has 8 atom stereocenters. The highest BCUT2D eigenvalue weighted by molar-refractivity contribution is 5.96. The minimum atomic E-state index is -1.35. The van der Waals surface area contributed by atoms with Gasteiger partial charge in [-0.25, -0.2) is 4.79 Å². The van der Waals surface area contributed by atoms with E-state index in [-0.39, 0.29) is 25.3 Å². The van der Waals surface area contributed by atoms with Gasteiger partial charge < -0.3 is 35.2 Å². The monoisotopic (exact) mass is 809 g/mol. The van der Waals surface area contributed by atoms with Crippen molar-refractivity contribution in [3.8, 4) is 0 Å². The van der Waals surface area contributed by atoms with Crippen molar-refractivity contribution < 1.29 is 43.0 Å². The lowest BCUT2D eigenvalue weighted by Gasteiger charge is -2.37. The molecule has 0 spiro atoms. The Balaban J connectivity index is 2.16. The van der Waals surface area contributed by atoms with E-state index in [2.05, 4.69) is 22.5 Å². The number of nitrogens with one attached hydrogen (secondary N) is 3. The fraction of sp³-hybridized carbons (Fsp3) is 0.659. The molecule has 322 valence electrons. The molecule has 2 aliphatic heterocycles. The number of rotatable bonds is 11. The van der Waals surface area contributed by atoms with Crippen LogP contribution in [0.1, 0.15) is 106 Å². The summed E-state index contributed by atoms with van der Waals surface area (Å²) in [6.45, 7) is 17.6. The fourth-order valence-electron chi connectivity index (χ4n) is 7.31. The molecule has 3 N–H and O–H groups in total. The van der Waals surface area contributed by atoms with Gasteiger partial charge in [0, 0.05) is 25.9 Å². The number of unbranched alkanes of at least 4 members (excludes halogenated alkanes) is 1. The van der Waals surface area contributed by atoms with E-state index < -0.39 is 102 Å². The summed E-state index contributed by atoms with van der Waals surface area (Å²) in [4.78, 5) is 101. The van der Waals surface area contributed by atoms with Gasteiger partial charge in [0.05, 0.1) is 5.41 Å². The maximum absolute atomic E-state index is 14.5. The van der Waals surface area contributed by atoms with E-state index in [1.807, 2.05) is 44.2 Å². The van der Waals surface area contributed by atoms with Crippen molar-refractivity contribution >= 4 is 41.5 Å². The molecule has 1 aromatic rings. The third-order valence-corrected chi connectivity index (χ3v) is 11.8. The zero-order valence-electron chi connectivity index (χ0n) is 36.0. The maximum atomic E-state index is 14.5. The second kappa shape index (κ2) is 21.9. The van der Waals surface area contributed by atoms with Crippen LogP contribution in [0.15, 0.2) is 43.0 Å². The molecule has 3 rings (SSSR count). The first kappa shape index (κ1) is 47.6. The lowest BCUT2D eigenvalue weighted by Crippen LogP contribution is -2.59. The smallest absolute Gasteiger partial charge is 0.329 e. The number of fused-ring (bicyclic) bond motifs is 1. The van der Waals surface area contributed by atoms with Crippen LogP contribution in [-0.2, 0) is 49.5 Å². The number of hydrogen-bond acceptors (Lipinski definition) is 9. The minimum absolute atomic E-state index is 0.0583.